The number of nitrogens with one attached hydrogen (secondary N) is 1. The lowest BCUT2D eigenvalue weighted by molar-refractivity contribution is -0.154. The van der Waals surface area contributed by atoms with Crippen LogP contribution < -0.4 is 14.8 Å². The molecule has 1 amide bonds. The van der Waals surface area contributed by atoms with Crippen molar-refractivity contribution in [1.82, 2.24) is 15.3 Å². The molecule has 0 saturated carbocycles. The van der Waals surface area contributed by atoms with E-state index in [4.69, 9.17) is 4.74 Å². The molecule has 0 saturated heterocycles. The lowest BCUT2D eigenvalue weighted by atomic mass is 10.0. The van der Waals surface area contributed by atoms with Crippen molar-refractivity contribution in [3.05, 3.63) is 47.3 Å². The van der Waals surface area contributed by atoms with Crippen molar-refractivity contribution in [3.8, 4) is 11.8 Å². The zero-order chi connectivity index (χ0) is 23.2. The van der Waals surface area contributed by atoms with E-state index in [2.05, 4.69) is 20.0 Å². The fourth-order valence-corrected chi connectivity index (χ4v) is 2.52. The van der Waals surface area contributed by atoms with Crippen LogP contribution in [-0.2, 0) is 11.2 Å². The third kappa shape index (κ3) is 7.54. The van der Waals surface area contributed by atoms with Crippen LogP contribution in [0, 0.1) is 5.92 Å². The summed E-state index contributed by atoms with van der Waals surface area (Å²) in [6, 6.07) is 5.31. The van der Waals surface area contributed by atoms with Gasteiger partial charge in [0.05, 0.1) is 18.8 Å². The third-order valence-corrected chi connectivity index (χ3v) is 4.32. The fourth-order valence-electron chi connectivity index (χ4n) is 2.52. The van der Waals surface area contributed by atoms with E-state index in [1.807, 2.05) is 0 Å². The molecule has 168 valence electrons. The minimum atomic E-state index is -4.45. The normalized spacial score (nSPS) is 12.4. The number of carbonyl (C=O) groups excluding carboxylic acids is 2. The molecule has 7 nitrogen and oxygen atoms in total. The molecule has 2 aromatic heterocycles. The van der Waals surface area contributed by atoms with Crippen LogP contribution >= 0.6 is 0 Å². The third-order valence-electron chi connectivity index (χ3n) is 4.32. The van der Waals surface area contributed by atoms with E-state index in [-0.39, 0.29) is 35.4 Å². The van der Waals surface area contributed by atoms with Crippen molar-refractivity contribution in [1.29, 1.82) is 0 Å². The second kappa shape index (κ2) is 10.2. The number of carbonyl (C=O) groups is 2. The molecular formula is C21H24F3N3O4. The lowest BCUT2D eigenvalue weighted by Gasteiger charge is -2.16. The molecule has 0 spiro atoms. The van der Waals surface area contributed by atoms with Gasteiger partial charge < -0.3 is 14.8 Å². The highest BCUT2D eigenvalue weighted by atomic mass is 19.4. The van der Waals surface area contributed by atoms with E-state index in [0.717, 1.165) is 0 Å². The van der Waals surface area contributed by atoms with E-state index >= 15 is 0 Å². The molecule has 31 heavy (non-hydrogen) atoms. The summed E-state index contributed by atoms with van der Waals surface area (Å²) in [6.07, 6.45) is -3.05. The number of pyridine rings is 2. The predicted molar refractivity (Wildman–Crippen MR) is 106 cm³/mol. The molecule has 0 aliphatic heterocycles. The van der Waals surface area contributed by atoms with Gasteiger partial charge in [-0.2, -0.15) is 13.2 Å². The topological polar surface area (TPSA) is 90.4 Å². The van der Waals surface area contributed by atoms with Crippen molar-refractivity contribution in [2.24, 2.45) is 5.92 Å². The number of rotatable bonds is 9. The first-order valence-electron chi connectivity index (χ1n) is 9.52. The largest absolute Gasteiger partial charge is 0.481 e. The maximum atomic E-state index is 12.7. The Morgan fingerprint density at radius 1 is 1.13 bits per heavy atom. The summed E-state index contributed by atoms with van der Waals surface area (Å²) in [5.74, 6) is -0.568. The van der Waals surface area contributed by atoms with E-state index in [0.29, 0.717) is 11.3 Å². The number of alkyl halides is 3. The maximum Gasteiger partial charge on any atom is 0.422 e. The number of aromatic nitrogens is 2. The molecule has 1 N–H and O–H groups in total. The number of ether oxygens (including phenoxy) is 2. The van der Waals surface area contributed by atoms with E-state index in [1.165, 1.54) is 37.6 Å². The second-order valence-electron chi connectivity index (χ2n) is 7.22. The summed E-state index contributed by atoms with van der Waals surface area (Å²) >= 11 is 0. The van der Waals surface area contributed by atoms with Crippen molar-refractivity contribution in [3.63, 3.8) is 0 Å². The molecule has 0 aromatic carbocycles. The highest BCUT2D eigenvalue weighted by Crippen LogP contribution is 2.20. The predicted octanol–water partition coefficient (Wildman–Crippen LogP) is 3.68. The van der Waals surface area contributed by atoms with Gasteiger partial charge in [-0.15, -0.1) is 0 Å². The van der Waals surface area contributed by atoms with Crippen LogP contribution in [0.5, 0.6) is 11.8 Å². The summed E-state index contributed by atoms with van der Waals surface area (Å²) in [4.78, 5) is 32.8. The summed E-state index contributed by atoms with van der Waals surface area (Å²) in [5, 5.41) is 2.77. The number of Topliss-reactive ketones (excluding diaryl/α,β-unsaturated/α-hetero) is 1. The Hall–Kier alpha value is -3.17. The number of hydrogen-bond donors (Lipinski definition) is 1. The van der Waals surface area contributed by atoms with Gasteiger partial charge in [-0.1, -0.05) is 19.9 Å². The number of halogens is 3. The average molecular weight is 439 g/mol. The van der Waals surface area contributed by atoms with Gasteiger partial charge >= 0.3 is 6.18 Å². The van der Waals surface area contributed by atoms with Crippen LogP contribution in [0.15, 0.2) is 30.5 Å². The standard InChI is InChI=1S/C21H24F3N3O4/c1-12(2)17(28)9-16-7-15(8-19(27-16)30-4)20(29)26-13(3)14-5-6-18(25-10-14)31-11-21(22,23)24/h5-8,10,12-13H,9,11H2,1-4H3,(H,26,29). The number of methoxy groups -OCH3 is 1. The van der Waals surface area contributed by atoms with Gasteiger partial charge in [-0.05, 0) is 18.6 Å². The van der Waals surface area contributed by atoms with Crippen LogP contribution in [0.25, 0.3) is 0 Å². The minimum absolute atomic E-state index is 0.0145. The number of ketones is 1. The Balaban J connectivity index is 2.09. The molecule has 2 aromatic rings. The van der Waals surface area contributed by atoms with Gasteiger partial charge in [0, 0.05) is 36.2 Å². The van der Waals surface area contributed by atoms with Crippen molar-refractivity contribution in [2.75, 3.05) is 13.7 Å². The van der Waals surface area contributed by atoms with Crippen LogP contribution in [0.2, 0.25) is 0 Å². The first-order chi connectivity index (χ1) is 14.5. The van der Waals surface area contributed by atoms with Gasteiger partial charge in [0.1, 0.15) is 5.78 Å². The van der Waals surface area contributed by atoms with Gasteiger partial charge in [0.25, 0.3) is 5.91 Å². The van der Waals surface area contributed by atoms with E-state index in [9.17, 15) is 22.8 Å². The molecule has 0 aliphatic carbocycles. The lowest BCUT2D eigenvalue weighted by Crippen LogP contribution is -2.27. The minimum Gasteiger partial charge on any atom is -0.481 e. The molecule has 2 rings (SSSR count). The van der Waals surface area contributed by atoms with Crippen molar-refractivity contribution < 1.29 is 32.2 Å². The smallest absolute Gasteiger partial charge is 0.422 e. The Morgan fingerprint density at radius 3 is 2.39 bits per heavy atom. The molecule has 0 aliphatic rings. The van der Waals surface area contributed by atoms with Crippen molar-refractivity contribution >= 4 is 11.7 Å². The highest BCUT2D eigenvalue weighted by Gasteiger charge is 2.28. The Kier molecular flexibility index (Phi) is 7.95. The number of amides is 1. The Labute approximate surface area is 178 Å². The zero-order valence-corrected chi connectivity index (χ0v) is 17.6. The molecule has 10 heteroatoms. The second-order valence-corrected chi connectivity index (χ2v) is 7.22. The van der Waals surface area contributed by atoms with Gasteiger partial charge in [-0.25, -0.2) is 9.97 Å². The number of nitrogens with zero attached hydrogens (tertiary/aromatic N) is 2. The summed E-state index contributed by atoms with van der Waals surface area (Å²) in [7, 11) is 1.41. The fraction of sp³-hybridized carbons (Fsp3) is 0.429. The van der Waals surface area contributed by atoms with E-state index < -0.39 is 24.7 Å². The van der Waals surface area contributed by atoms with Crippen LogP contribution in [0.3, 0.4) is 0 Å². The van der Waals surface area contributed by atoms with Crippen molar-refractivity contribution in [2.45, 2.75) is 39.4 Å². The van der Waals surface area contributed by atoms with E-state index in [1.54, 1.807) is 20.8 Å². The quantitative estimate of drug-likeness (QED) is 0.641. The van der Waals surface area contributed by atoms with Gasteiger partial charge in [-0.3, -0.25) is 9.59 Å². The Morgan fingerprint density at radius 2 is 1.84 bits per heavy atom. The monoisotopic (exact) mass is 439 g/mol. The first kappa shape index (κ1) is 24.1. The molecular weight excluding hydrogens is 415 g/mol. The maximum absolute atomic E-state index is 12.7. The zero-order valence-electron chi connectivity index (χ0n) is 17.6. The summed E-state index contributed by atoms with van der Waals surface area (Å²) < 4.78 is 46.3. The highest BCUT2D eigenvalue weighted by molar-refractivity contribution is 5.95. The number of hydrogen-bond acceptors (Lipinski definition) is 6. The molecule has 1 atom stereocenters. The van der Waals surface area contributed by atoms with Gasteiger partial charge in [0.2, 0.25) is 11.8 Å². The molecule has 1 unspecified atom stereocenters. The summed E-state index contributed by atoms with van der Waals surface area (Å²) in [6.45, 7) is 3.83. The molecule has 0 bridgehead atoms. The molecule has 0 radical (unpaired) electrons. The van der Waals surface area contributed by atoms with Crippen LogP contribution in [-0.4, -0.2) is 41.6 Å². The SMILES string of the molecule is COc1cc(C(=O)NC(C)c2ccc(OCC(F)(F)F)nc2)cc(CC(=O)C(C)C)n1. The molecule has 2 heterocycles. The van der Waals surface area contributed by atoms with Crippen LogP contribution in [0.4, 0.5) is 13.2 Å². The summed E-state index contributed by atoms with van der Waals surface area (Å²) in [5.41, 5.74) is 1.26. The average Bonchev–Trinajstić information content (AvgIpc) is 2.71. The first-order valence-corrected chi connectivity index (χ1v) is 9.52. The van der Waals surface area contributed by atoms with Gasteiger partial charge in [0.15, 0.2) is 6.61 Å². The molecule has 0 fully saturated rings. The van der Waals surface area contributed by atoms with Crippen LogP contribution in [0.1, 0.15) is 48.4 Å². The Bertz CT molecular complexity index is 915.